The SMILES string of the molecule is C.COC(=O)C[15NH2].Cl.[15NH2]CC(=O)O. The number of hydrogen-bond acceptors (Lipinski definition) is 5. The number of carbonyl (C=O) groups is 2. The molecule has 0 aliphatic rings. The van der Waals surface area contributed by atoms with E-state index < -0.39 is 5.97 Å². The zero-order valence-electron chi connectivity index (χ0n) is 6.65. The normalized spacial score (nSPS) is 6.38. The minimum Gasteiger partial charge on any atom is -0.480 e. The van der Waals surface area contributed by atoms with Crippen molar-refractivity contribution in [2.24, 2.45) is 11.5 Å². The highest BCUT2D eigenvalue weighted by Gasteiger charge is 1.87. The zero-order chi connectivity index (χ0) is 9.28. The summed E-state index contributed by atoms with van der Waals surface area (Å²) in [5.41, 5.74) is 9.38. The average molecular weight is 219 g/mol. The molecule has 0 atom stereocenters. The van der Waals surface area contributed by atoms with Crippen LogP contribution in [0.25, 0.3) is 0 Å². The molecule has 5 N–H and O–H groups in total. The van der Waals surface area contributed by atoms with E-state index in [-0.39, 0.29) is 38.9 Å². The highest BCUT2D eigenvalue weighted by Crippen LogP contribution is 1.61. The molecule has 0 unspecified atom stereocenters. The molecule has 6 nitrogen and oxygen atoms in total. The van der Waals surface area contributed by atoms with Gasteiger partial charge in [-0.2, -0.15) is 0 Å². The van der Waals surface area contributed by atoms with E-state index in [1.165, 1.54) is 7.11 Å². The molecule has 0 fully saturated rings. The minimum atomic E-state index is -0.968. The Kier molecular flexibility index (Phi) is 30.3. The predicted molar refractivity (Wildman–Crippen MR) is 51.7 cm³/mol. The molecule has 0 spiro atoms. The summed E-state index contributed by atoms with van der Waals surface area (Å²) in [4.78, 5) is 19.1. The van der Waals surface area contributed by atoms with Gasteiger partial charge in [0.25, 0.3) is 0 Å². The summed E-state index contributed by atoms with van der Waals surface area (Å²) in [7, 11) is 1.30. The van der Waals surface area contributed by atoms with Gasteiger partial charge in [0.15, 0.2) is 0 Å². The Balaban J connectivity index is -0.0000000546. The highest BCUT2D eigenvalue weighted by molar-refractivity contribution is 5.85. The third-order valence-electron chi connectivity index (χ3n) is 0.569. The van der Waals surface area contributed by atoms with Crippen LogP contribution in [0, 0.1) is 0 Å². The summed E-state index contributed by atoms with van der Waals surface area (Å²) in [6.45, 7) is -0.309. The molecule has 82 valence electrons. The van der Waals surface area contributed by atoms with Crippen LogP contribution in [0.15, 0.2) is 0 Å². The fraction of sp³-hybridized carbons (Fsp3) is 0.667. The van der Waals surface area contributed by atoms with Crippen LogP contribution >= 0.6 is 12.4 Å². The third-order valence-corrected chi connectivity index (χ3v) is 0.569. The molecular formula is C6H17ClN2O4. The van der Waals surface area contributed by atoms with Crippen LogP contribution in [0.3, 0.4) is 0 Å². The maximum Gasteiger partial charge on any atom is 0.319 e. The van der Waals surface area contributed by atoms with Gasteiger partial charge in [0.2, 0.25) is 0 Å². The van der Waals surface area contributed by atoms with Crippen molar-refractivity contribution in [3.8, 4) is 0 Å². The molecule has 0 radical (unpaired) electrons. The summed E-state index contributed by atoms with van der Waals surface area (Å²) >= 11 is 0. The lowest BCUT2D eigenvalue weighted by Gasteiger charge is -1.87. The number of carboxylic acid groups (broad SMARTS) is 1. The summed E-state index contributed by atoms with van der Waals surface area (Å²) in [5.74, 6) is -1.35. The number of methoxy groups -OCH3 is 1. The Bertz CT molecular complexity index is 126. The van der Waals surface area contributed by atoms with Crippen LogP contribution in [-0.2, 0) is 14.3 Å². The highest BCUT2D eigenvalue weighted by atomic mass is 35.5. The Morgan fingerprint density at radius 2 is 1.62 bits per heavy atom. The van der Waals surface area contributed by atoms with E-state index in [0.717, 1.165) is 0 Å². The molecule has 0 aliphatic carbocycles. The Morgan fingerprint density at radius 3 is 1.62 bits per heavy atom. The number of hydrogen-bond donors (Lipinski definition) is 3. The van der Waals surface area contributed by atoms with E-state index in [0.29, 0.717) is 0 Å². The standard InChI is InChI=1S/C3H7NO2.C2H5NO2.CH4.ClH/c1-6-3(5)2-4;3-1-2(4)5;;/h2,4H2,1H3;1,3H2,(H,4,5);1H4;1H/i4+1;3+1;;. The van der Waals surface area contributed by atoms with Gasteiger partial charge in [-0.3, -0.25) is 9.59 Å². The molecule has 13 heavy (non-hydrogen) atoms. The lowest BCUT2D eigenvalue weighted by Crippen LogP contribution is -2.14. The van der Waals surface area contributed by atoms with Crippen LogP contribution in [0.1, 0.15) is 7.43 Å². The third kappa shape index (κ3) is 35.2. The van der Waals surface area contributed by atoms with E-state index in [2.05, 4.69) is 10.5 Å². The minimum absolute atomic E-state index is 0. The first-order valence-corrected chi connectivity index (χ1v) is 2.77. The Hall–Kier alpha value is -0.850. The van der Waals surface area contributed by atoms with Gasteiger partial charge in [0, 0.05) is 0 Å². The first-order valence-electron chi connectivity index (χ1n) is 2.77. The topological polar surface area (TPSA) is 116 Å². The monoisotopic (exact) mass is 218 g/mol. The van der Waals surface area contributed by atoms with Crippen molar-refractivity contribution in [1.82, 2.24) is 0 Å². The Morgan fingerprint density at radius 1 is 1.31 bits per heavy atom. The largest absolute Gasteiger partial charge is 0.480 e. The zero-order valence-corrected chi connectivity index (χ0v) is 7.47. The smallest absolute Gasteiger partial charge is 0.319 e. The van der Waals surface area contributed by atoms with Gasteiger partial charge in [-0.05, 0) is 0 Å². The van der Waals surface area contributed by atoms with E-state index >= 15 is 0 Å². The van der Waals surface area contributed by atoms with Gasteiger partial charge in [-0.15, -0.1) is 12.4 Å². The fourth-order valence-electron chi connectivity index (χ4n) is 0.0833. The average Bonchev–Trinajstić information content (AvgIpc) is 2.04. The number of rotatable bonds is 2. The van der Waals surface area contributed by atoms with E-state index in [1.54, 1.807) is 0 Å². The number of halogens is 1. The van der Waals surface area contributed by atoms with Crippen molar-refractivity contribution in [1.29, 1.82) is 0 Å². The summed E-state index contributed by atoms with van der Waals surface area (Å²) in [6, 6.07) is 0. The molecule has 0 aromatic carbocycles. The number of ether oxygens (including phenoxy) is 1. The molecule has 0 heterocycles. The van der Waals surface area contributed by atoms with E-state index in [1.807, 2.05) is 0 Å². The molecule has 0 aromatic rings. The molecule has 0 saturated carbocycles. The van der Waals surface area contributed by atoms with Crippen molar-refractivity contribution >= 4 is 24.3 Å². The van der Waals surface area contributed by atoms with Crippen LogP contribution in [-0.4, -0.2) is 37.2 Å². The lowest BCUT2D eigenvalue weighted by molar-refractivity contribution is -0.139. The van der Waals surface area contributed by atoms with Crippen LogP contribution in [0.2, 0.25) is 0 Å². The Labute approximate surface area is 83.6 Å². The molecule has 0 rings (SSSR count). The second kappa shape index (κ2) is 17.3. The summed E-state index contributed by atoms with van der Waals surface area (Å²) in [5, 5.41) is 7.60. The van der Waals surface area contributed by atoms with Gasteiger partial charge >= 0.3 is 11.9 Å². The molecule has 0 bridgehead atoms. The van der Waals surface area contributed by atoms with Gasteiger partial charge < -0.3 is 21.3 Å². The van der Waals surface area contributed by atoms with Gasteiger partial charge in [-0.25, -0.2) is 0 Å². The summed E-state index contributed by atoms with van der Waals surface area (Å²) < 4.78 is 4.14. The molecule has 0 aliphatic heterocycles. The number of esters is 1. The molecule has 7 heteroatoms. The number of carbonyl (C=O) groups excluding carboxylic acids is 1. The molecule has 0 amide bonds. The van der Waals surface area contributed by atoms with Crippen LogP contribution in [0.5, 0.6) is 0 Å². The van der Waals surface area contributed by atoms with Crippen molar-refractivity contribution in [3.05, 3.63) is 0 Å². The van der Waals surface area contributed by atoms with Crippen molar-refractivity contribution in [2.75, 3.05) is 20.2 Å². The first-order chi connectivity index (χ1) is 5.08. The van der Waals surface area contributed by atoms with E-state index in [9.17, 15) is 9.59 Å². The summed E-state index contributed by atoms with van der Waals surface area (Å²) in [6.07, 6.45) is 0. The van der Waals surface area contributed by atoms with Crippen LogP contribution < -0.4 is 11.5 Å². The quantitative estimate of drug-likeness (QED) is 0.413. The number of carboxylic acids is 1. The maximum absolute atomic E-state index is 9.83. The fourth-order valence-corrected chi connectivity index (χ4v) is 0.0833. The molecule has 0 saturated heterocycles. The van der Waals surface area contributed by atoms with Crippen molar-refractivity contribution in [2.45, 2.75) is 7.43 Å². The van der Waals surface area contributed by atoms with Gasteiger partial charge in [-0.1, -0.05) is 7.43 Å². The lowest BCUT2D eigenvalue weighted by atomic mass is 10.7. The van der Waals surface area contributed by atoms with Gasteiger partial charge in [0.1, 0.15) is 0 Å². The second-order valence-corrected chi connectivity index (χ2v) is 1.38. The molecule has 0 aromatic heterocycles. The second-order valence-electron chi connectivity index (χ2n) is 1.38. The van der Waals surface area contributed by atoms with Crippen molar-refractivity contribution in [3.63, 3.8) is 0 Å². The number of aliphatic carboxylic acids is 1. The van der Waals surface area contributed by atoms with E-state index in [4.69, 9.17) is 10.8 Å². The first kappa shape index (κ1) is 22.7. The van der Waals surface area contributed by atoms with Crippen molar-refractivity contribution < 1.29 is 19.4 Å². The van der Waals surface area contributed by atoms with Gasteiger partial charge in [0.05, 0.1) is 20.2 Å². The predicted octanol–water partition coefficient (Wildman–Crippen LogP) is -0.794. The maximum atomic E-state index is 9.83. The molecular weight excluding hydrogens is 202 g/mol. The number of nitrogens with two attached hydrogens (primary N) is 2. The van der Waals surface area contributed by atoms with Crippen LogP contribution in [0.4, 0.5) is 0 Å².